The minimum Gasteiger partial charge on any atom is -0.496 e. The maximum atomic E-state index is 12.4. The first-order valence-corrected chi connectivity index (χ1v) is 11.8. The van der Waals surface area contributed by atoms with E-state index in [0.29, 0.717) is 16.6 Å². The molecule has 2 rings (SSSR count). The number of nitrogens with two attached hydrogens (primary N) is 1. The number of carbonyl (C=O) groups excluding carboxylic acids is 2. The van der Waals surface area contributed by atoms with Crippen LogP contribution < -0.4 is 26.4 Å². The Kier molecular flexibility index (Phi) is 10.8. The minimum absolute atomic E-state index is 0.0191. The van der Waals surface area contributed by atoms with Crippen LogP contribution >= 0.6 is 24.0 Å². The van der Waals surface area contributed by atoms with Crippen LogP contribution in [0.3, 0.4) is 0 Å². The largest absolute Gasteiger partial charge is 0.496 e. The van der Waals surface area contributed by atoms with E-state index in [1.807, 2.05) is 24.4 Å². The second-order valence-corrected chi connectivity index (χ2v) is 9.06. The molecule has 2 atom stereocenters. The molecule has 1 heterocycles. The van der Waals surface area contributed by atoms with Crippen LogP contribution in [0.2, 0.25) is 0 Å². The fourth-order valence-electron chi connectivity index (χ4n) is 3.05. The van der Waals surface area contributed by atoms with Crippen molar-refractivity contribution in [2.45, 2.75) is 31.5 Å². The Morgan fingerprint density at radius 1 is 1.23 bits per heavy atom. The molecule has 0 fully saturated rings. The van der Waals surface area contributed by atoms with Crippen LogP contribution in [0, 0.1) is 0 Å². The van der Waals surface area contributed by atoms with Crippen molar-refractivity contribution in [3.8, 4) is 5.75 Å². The highest BCUT2D eigenvalue weighted by molar-refractivity contribution is 8.23. The Hall–Kier alpha value is -3.36. The van der Waals surface area contributed by atoms with Gasteiger partial charge < -0.3 is 41.6 Å². The van der Waals surface area contributed by atoms with Crippen molar-refractivity contribution in [2.24, 2.45) is 5.73 Å². The van der Waals surface area contributed by atoms with E-state index in [1.165, 1.54) is 0 Å². The predicted molar refractivity (Wildman–Crippen MR) is 134 cm³/mol. The van der Waals surface area contributed by atoms with Crippen LogP contribution in [-0.2, 0) is 25.7 Å². The van der Waals surface area contributed by atoms with Crippen LogP contribution in [0.15, 0.2) is 24.4 Å². The third-order valence-corrected chi connectivity index (χ3v) is 6.24. The summed E-state index contributed by atoms with van der Waals surface area (Å²) in [6, 6.07) is 3.32. The number of H-pyrrole nitrogens is 1. The van der Waals surface area contributed by atoms with E-state index < -0.39 is 42.4 Å². The molecule has 0 aliphatic rings. The third-order valence-electron chi connectivity index (χ3n) is 4.84. The molecular weight excluding hydrogens is 498 g/mol. The summed E-state index contributed by atoms with van der Waals surface area (Å²) in [5.74, 6) is -3.06. The third kappa shape index (κ3) is 8.73. The van der Waals surface area contributed by atoms with Gasteiger partial charge in [0.1, 0.15) is 28.7 Å². The average molecular weight is 526 g/mol. The molecule has 8 N–H and O–H groups in total. The number of amides is 2. The number of methoxy groups -OCH3 is 1. The summed E-state index contributed by atoms with van der Waals surface area (Å²) >= 11 is 6.43. The highest BCUT2D eigenvalue weighted by Crippen LogP contribution is 2.28. The number of carbonyl (C=O) groups is 4. The molecule has 0 aliphatic heterocycles. The van der Waals surface area contributed by atoms with Crippen molar-refractivity contribution in [1.29, 1.82) is 0 Å². The molecule has 35 heavy (non-hydrogen) atoms. The number of thioether (sulfide) groups is 1. The highest BCUT2D eigenvalue weighted by atomic mass is 32.2. The number of carboxylic acids is 2. The molecule has 0 bridgehead atoms. The summed E-state index contributed by atoms with van der Waals surface area (Å²) in [5, 5.41) is 26.3. The topological polar surface area (TPSA) is 196 Å². The zero-order valence-electron chi connectivity index (χ0n) is 18.8. The number of hydrogen-bond donors (Lipinski definition) is 7. The smallest absolute Gasteiger partial charge is 0.322 e. The number of fused-ring (bicyclic) bond motifs is 1. The van der Waals surface area contributed by atoms with Crippen molar-refractivity contribution in [3.63, 3.8) is 0 Å². The second-order valence-electron chi connectivity index (χ2n) is 7.36. The van der Waals surface area contributed by atoms with E-state index >= 15 is 0 Å². The molecule has 12 nitrogen and oxygen atoms in total. The normalized spacial score (nSPS) is 12.4. The van der Waals surface area contributed by atoms with Crippen molar-refractivity contribution in [3.05, 3.63) is 30.0 Å². The molecule has 2 amide bonds. The number of carboxylic acid groups (broad SMARTS) is 2. The van der Waals surface area contributed by atoms with Crippen LogP contribution in [0.5, 0.6) is 5.75 Å². The monoisotopic (exact) mass is 525 g/mol. The summed E-state index contributed by atoms with van der Waals surface area (Å²) in [4.78, 5) is 49.4. The molecule has 0 radical (unpaired) electrons. The number of benzene rings is 1. The van der Waals surface area contributed by atoms with Gasteiger partial charge in [0.2, 0.25) is 11.8 Å². The Labute approximate surface area is 210 Å². The maximum absolute atomic E-state index is 12.4. The lowest BCUT2D eigenvalue weighted by Gasteiger charge is -2.18. The number of hydrogen-bond acceptors (Lipinski definition) is 8. The number of nitrogens with one attached hydrogen (secondary N) is 4. The standard InChI is InChI=1S/C21H27N5O7S2/c1-33-15-4-2-3-13-18(15)11(7-23-13)8-25-21(34)35-10-14(19(30)24-9-17(28)29)26-16(27)6-5-12(22)20(31)32/h2-4,7,12,14,23H,5-6,8-10,22H2,1H3,(H,24,30)(H,25,34)(H,26,27)(H,28,29)(H,31,32)/t12-,14-/m0/s1. The summed E-state index contributed by atoms with van der Waals surface area (Å²) in [5.41, 5.74) is 7.22. The van der Waals surface area contributed by atoms with E-state index in [9.17, 15) is 19.2 Å². The number of aliphatic carboxylic acids is 2. The van der Waals surface area contributed by atoms with Crippen molar-refractivity contribution in [1.82, 2.24) is 20.9 Å². The van der Waals surface area contributed by atoms with Gasteiger partial charge in [-0.3, -0.25) is 19.2 Å². The lowest BCUT2D eigenvalue weighted by Crippen LogP contribution is -2.49. The van der Waals surface area contributed by atoms with E-state index in [1.54, 1.807) is 7.11 Å². The van der Waals surface area contributed by atoms with Crippen molar-refractivity contribution < 1.29 is 34.1 Å². The molecule has 0 spiro atoms. The summed E-state index contributed by atoms with van der Waals surface area (Å²) in [7, 11) is 1.58. The Morgan fingerprint density at radius 3 is 2.63 bits per heavy atom. The van der Waals surface area contributed by atoms with Crippen molar-refractivity contribution >= 4 is 63.0 Å². The first-order chi connectivity index (χ1) is 16.6. The lowest BCUT2D eigenvalue weighted by molar-refractivity contribution is -0.139. The summed E-state index contributed by atoms with van der Waals surface area (Å²) < 4.78 is 5.76. The summed E-state index contributed by atoms with van der Waals surface area (Å²) in [6.45, 7) is -0.244. The van der Waals surface area contributed by atoms with E-state index in [2.05, 4.69) is 20.9 Å². The average Bonchev–Trinajstić information content (AvgIpc) is 3.25. The van der Waals surface area contributed by atoms with Gasteiger partial charge in [-0.05, 0) is 18.6 Å². The molecule has 2 aromatic rings. The van der Waals surface area contributed by atoms with Gasteiger partial charge in [0, 0.05) is 41.4 Å². The number of rotatable bonds is 13. The van der Waals surface area contributed by atoms with Crippen molar-refractivity contribution in [2.75, 3.05) is 19.4 Å². The molecule has 190 valence electrons. The van der Waals surface area contributed by atoms with Crippen LogP contribution in [-0.4, -0.2) is 74.8 Å². The fraction of sp³-hybridized carbons (Fsp3) is 0.381. The Bertz CT molecular complexity index is 1090. The number of ether oxygens (including phenoxy) is 1. The predicted octanol–water partition coefficient (Wildman–Crippen LogP) is 0.162. The Morgan fingerprint density at radius 2 is 1.97 bits per heavy atom. The molecule has 14 heteroatoms. The number of aromatic nitrogens is 1. The number of thiocarbonyl (C=S) groups is 1. The van der Waals surface area contributed by atoms with Crippen LogP contribution in [0.25, 0.3) is 10.9 Å². The molecule has 0 unspecified atom stereocenters. The minimum atomic E-state index is -1.24. The summed E-state index contributed by atoms with van der Waals surface area (Å²) in [6.07, 6.45) is 1.50. The van der Waals surface area contributed by atoms with Gasteiger partial charge in [0.05, 0.1) is 7.11 Å². The maximum Gasteiger partial charge on any atom is 0.322 e. The van der Waals surface area contributed by atoms with Gasteiger partial charge in [-0.15, -0.1) is 0 Å². The molecule has 0 aliphatic carbocycles. The van der Waals surface area contributed by atoms with Crippen LogP contribution in [0.1, 0.15) is 18.4 Å². The molecular formula is C21H27N5O7S2. The molecule has 1 aromatic heterocycles. The zero-order valence-corrected chi connectivity index (χ0v) is 20.5. The lowest BCUT2D eigenvalue weighted by atomic mass is 10.1. The van der Waals surface area contributed by atoms with Gasteiger partial charge in [0.25, 0.3) is 0 Å². The molecule has 1 aromatic carbocycles. The van der Waals surface area contributed by atoms with Gasteiger partial charge in [0.15, 0.2) is 0 Å². The van der Waals surface area contributed by atoms with E-state index in [4.69, 9.17) is 32.9 Å². The van der Waals surface area contributed by atoms with Crippen LogP contribution in [0.4, 0.5) is 0 Å². The second kappa shape index (κ2) is 13.5. The van der Waals surface area contributed by atoms with Gasteiger partial charge in [-0.1, -0.05) is 30.0 Å². The molecule has 0 saturated carbocycles. The zero-order chi connectivity index (χ0) is 26.0. The van der Waals surface area contributed by atoms with Gasteiger partial charge >= 0.3 is 11.9 Å². The SMILES string of the molecule is COc1cccc2[nH]cc(CNC(=S)SC[C@H](NC(=O)CC[C@H](N)C(=O)O)C(=O)NCC(=O)O)c12. The Balaban J connectivity index is 1.95. The van der Waals surface area contributed by atoms with E-state index in [0.717, 1.165) is 28.2 Å². The van der Waals surface area contributed by atoms with Gasteiger partial charge in [-0.2, -0.15) is 0 Å². The number of aromatic amines is 1. The fourth-order valence-corrected chi connectivity index (χ4v) is 4.06. The van der Waals surface area contributed by atoms with E-state index in [-0.39, 0.29) is 18.6 Å². The quantitative estimate of drug-likeness (QED) is 0.176. The first-order valence-electron chi connectivity index (χ1n) is 10.4. The molecule has 0 saturated heterocycles. The first kappa shape index (κ1) is 27.9. The van der Waals surface area contributed by atoms with Gasteiger partial charge in [-0.25, -0.2) is 0 Å². The highest BCUT2D eigenvalue weighted by Gasteiger charge is 2.23.